The van der Waals surface area contributed by atoms with Gasteiger partial charge in [0, 0.05) is 17.6 Å². The summed E-state index contributed by atoms with van der Waals surface area (Å²) >= 11 is 6.21. The smallest absolute Gasteiger partial charge is 0.261 e. The predicted octanol–water partition coefficient (Wildman–Crippen LogP) is 4.29. The van der Waals surface area contributed by atoms with E-state index in [0.717, 1.165) is 16.7 Å². The quantitative estimate of drug-likeness (QED) is 0.624. The molecule has 0 aliphatic carbocycles. The average Bonchev–Trinajstić information content (AvgIpc) is 2.73. The van der Waals surface area contributed by atoms with E-state index in [4.69, 9.17) is 21.1 Å². The van der Waals surface area contributed by atoms with Crippen molar-refractivity contribution in [3.05, 3.63) is 58.1 Å². The molecule has 0 radical (unpaired) electrons. The van der Waals surface area contributed by atoms with E-state index >= 15 is 0 Å². The number of methoxy groups -OCH3 is 1. The Morgan fingerprint density at radius 2 is 1.71 bits per heavy atom. The van der Waals surface area contributed by atoms with Gasteiger partial charge in [0.05, 0.1) is 7.11 Å². The molecule has 0 saturated carbocycles. The highest BCUT2D eigenvalue weighted by molar-refractivity contribution is 6.32. The third-order valence-electron chi connectivity index (χ3n) is 4.86. The van der Waals surface area contributed by atoms with E-state index in [1.54, 1.807) is 26.2 Å². The fourth-order valence-electron chi connectivity index (χ4n) is 3.17. The number of hydrogen-bond donors (Lipinski definition) is 1. The minimum Gasteiger partial charge on any atom is -0.497 e. The van der Waals surface area contributed by atoms with Gasteiger partial charge in [0.25, 0.3) is 5.91 Å². The minimum absolute atomic E-state index is 0.0278. The van der Waals surface area contributed by atoms with Gasteiger partial charge in [-0.15, -0.1) is 0 Å². The Labute approximate surface area is 189 Å². The number of carbonyl (C=O) groups is 2. The van der Waals surface area contributed by atoms with Crippen LogP contribution in [0.3, 0.4) is 0 Å². The summed E-state index contributed by atoms with van der Waals surface area (Å²) in [7, 11) is 1.59. The largest absolute Gasteiger partial charge is 0.497 e. The number of ether oxygens (including phenoxy) is 2. The van der Waals surface area contributed by atoms with Crippen molar-refractivity contribution >= 4 is 23.4 Å². The molecule has 0 aliphatic heterocycles. The van der Waals surface area contributed by atoms with Gasteiger partial charge in [-0.3, -0.25) is 9.59 Å². The summed E-state index contributed by atoms with van der Waals surface area (Å²) in [6.45, 7) is 9.32. The van der Waals surface area contributed by atoms with Gasteiger partial charge >= 0.3 is 0 Å². The number of rotatable bonds is 9. The molecule has 2 amide bonds. The summed E-state index contributed by atoms with van der Waals surface area (Å²) in [5, 5.41) is 3.55. The molecular formula is C24H31ClN2O4. The van der Waals surface area contributed by atoms with Crippen LogP contribution in [0.1, 0.15) is 37.5 Å². The van der Waals surface area contributed by atoms with Crippen LogP contribution in [-0.2, 0) is 16.1 Å². The maximum Gasteiger partial charge on any atom is 0.261 e. The number of hydrogen-bond acceptors (Lipinski definition) is 4. The summed E-state index contributed by atoms with van der Waals surface area (Å²) in [5.74, 6) is 0.741. The van der Waals surface area contributed by atoms with Crippen LogP contribution in [0.5, 0.6) is 11.5 Å². The Bertz CT molecular complexity index is 907. The Morgan fingerprint density at radius 3 is 2.29 bits per heavy atom. The van der Waals surface area contributed by atoms with Crippen molar-refractivity contribution in [1.82, 2.24) is 10.2 Å². The molecule has 0 aliphatic rings. The Hall–Kier alpha value is -2.73. The Morgan fingerprint density at radius 1 is 1.06 bits per heavy atom. The first-order chi connectivity index (χ1) is 14.6. The van der Waals surface area contributed by atoms with Crippen molar-refractivity contribution in [2.75, 3.05) is 13.7 Å². The van der Waals surface area contributed by atoms with Crippen molar-refractivity contribution in [3.8, 4) is 11.5 Å². The number of aryl methyl sites for hydroxylation is 2. The molecule has 0 heterocycles. The molecule has 1 N–H and O–H groups in total. The van der Waals surface area contributed by atoms with E-state index < -0.39 is 6.04 Å². The first-order valence-corrected chi connectivity index (χ1v) is 10.6. The molecule has 2 aromatic rings. The second kappa shape index (κ2) is 11.0. The molecule has 0 spiro atoms. The highest BCUT2D eigenvalue weighted by atomic mass is 35.5. The van der Waals surface area contributed by atoms with Crippen molar-refractivity contribution in [2.45, 2.75) is 53.2 Å². The van der Waals surface area contributed by atoms with Crippen LogP contribution in [0.2, 0.25) is 5.02 Å². The Kier molecular flexibility index (Phi) is 8.75. The fraction of sp³-hybridized carbons (Fsp3) is 0.417. The number of nitrogens with one attached hydrogen (secondary N) is 1. The van der Waals surface area contributed by atoms with Crippen LogP contribution in [0.4, 0.5) is 0 Å². The molecule has 0 aromatic heterocycles. The lowest BCUT2D eigenvalue weighted by Gasteiger charge is -2.29. The summed E-state index contributed by atoms with van der Waals surface area (Å²) in [5.41, 5.74) is 2.61. The summed E-state index contributed by atoms with van der Waals surface area (Å²) in [4.78, 5) is 27.3. The number of benzene rings is 2. The molecule has 0 fully saturated rings. The maximum absolute atomic E-state index is 13.1. The van der Waals surface area contributed by atoms with Crippen LogP contribution in [0.25, 0.3) is 0 Å². The maximum atomic E-state index is 13.1. The van der Waals surface area contributed by atoms with Gasteiger partial charge in [0.15, 0.2) is 6.61 Å². The molecule has 7 heteroatoms. The van der Waals surface area contributed by atoms with Crippen LogP contribution in [0, 0.1) is 13.8 Å². The van der Waals surface area contributed by atoms with Gasteiger partial charge in [-0.05, 0) is 75.6 Å². The third-order valence-corrected chi connectivity index (χ3v) is 5.45. The number of halogens is 1. The van der Waals surface area contributed by atoms with Gasteiger partial charge in [0.2, 0.25) is 5.91 Å². The van der Waals surface area contributed by atoms with Crippen molar-refractivity contribution < 1.29 is 19.1 Å². The normalized spacial score (nSPS) is 11.7. The molecule has 168 valence electrons. The first kappa shape index (κ1) is 24.5. The zero-order chi connectivity index (χ0) is 23.1. The molecule has 0 bridgehead atoms. The number of carbonyl (C=O) groups excluding carboxylic acids is 2. The fourth-order valence-corrected chi connectivity index (χ4v) is 3.28. The van der Waals surface area contributed by atoms with Crippen molar-refractivity contribution in [2.24, 2.45) is 0 Å². The van der Waals surface area contributed by atoms with E-state index in [1.807, 2.05) is 52.0 Å². The first-order valence-electron chi connectivity index (χ1n) is 10.2. The second-order valence-corrected chi connectivity index (χ2v) is 8.25. The predicted molar refractivity (Wildman–Crippen MR) is 123 cm³/mol. The lowest BCUT2D eigenvalue weighted by Crippen LogP contribution is -2.50. The van der Waals surface area contributed by atoms with Crippen LogP contribution in [-0.4, -0.2) is 42.5 Å². The van der Waals surface area contributed by atoms with E-state index in [1.165, 1.54) is 4.90 Å². The molecule has 2 aromatic carbocycles. The van der Waals surface area contributed by atoms with Gasteiger partial charge in [-0.1, -0.05) is 23.7 Å². The number of nitrogens with zero attached hydrogens (tertiary/aromatic N) is 1. The van der Waals surface area contributed by atoms with Crippen LogP contribution in [0.15, 0.2) is 36.4 Å². The standard InChI is InChI=1S/C24H31ClN2O4/c1-15(2)26-24(29)18(5)27(13-19-8-7-9-20(12-19)30-6)22(28)14-31-21-10-16(3)23(25)17(4)11-21/h7-12,15,18H,13-14H2,1-6H3,(H,26,29)/t18-/m1/s1. The highest BCUT2D eigenvalue weighted by Gasteiger charge is 2.27. The van der Waals surface area contributed by atoms with Gasteiger partial charge in [-0.25, -0.2) is 0 Å². The lowest BCUT2D eigenvalue weighted by atomic mass is 10.1. The van der Waals surface area contributed by atoms with Crippen LogP contribution >= 0.6 is 11.6 Å². The molecule has 1 atom stereocenters. The van der Waals surface area contributed by atoms with Crippen LogP contribution < -0.4 is 14.8 Å². The second-order valence-electron chi connectivity index (χ2n) is 7.87. The molecule has 6 nitrogen and oxygen atoms in total. The topological polar surface area (TPSA) is 67.9 Å². The molecular weight excluding hydrogens is 416 g/mol. The third kappa shape index (κ3) is 6.89. The van der Waals surface area contributed by atoms with E-state index in [2.05, 4.69) is 5.32 Å². The zero-order valence-electron chi connectivity index (χ0n) is 19.0. The molecule has 31 heavy (non-hydrogen) atoms. The number of amides is 2. The molecule has 0 saturated heterocycles. The van der Waals surface area contributed by atoms with Crippen molar-refractivity contribution in [1.29, 1.82) is 0 Å². The lowest BCUT2D eigenvalue weighted by molar-refractivity contribution is -0.142. The van der Waals surface area contributed by atoms with Crippen molar-refractivity contribution in [3.63, 3.8) is 0 Å². The average molecular weight is 447 g/mol. The van der Waals surface area contributed by atoms with Gasteiger partial charge in [0.1, 0.15) is 17.5 Å². The van der Waals surface area contributed by atoms with E-state index in [9.17, 15) is 9.59 Å². The zero-order valence-corrected chi connectivity index (χ0v) is 19.7. The molecule has 0 unspecified atom stereocenters. The van der Waals surface area contributed by atoms with Gasteiger partial charge in [-0.2, -0.15) is 0 Å². The highest BCUT2D eigenvalue weighted by Crippen LogP contribution is 2.26. The van der Waals surface area contributed by atoms with E-state index in [0.29, 0.717) is 16.5 Å². The molecule has 2 rings (SSSR count). The minimum atomic E-state index is -0.668. The SMILES string of the molecule is COc1cccc(CN(C(=O)COc2cc(C)c(Cl)c(C)c2)[C@H](C)C(=O)NC(C)C)c1. The van der Waals surface area contributed by atoms with Gasteiger partial charge < -0.3 is 19.7 Å². The summed E-state index contributed by atoms with van der Waals surface area (Å²) in [6.07, 6.45) is 0. The van der Waals surface area contributed by atoms with E-state index in [-0.39, 0.29) is 31.0 Å². The Balaban J connectivity index is 2.21. The summed E-state index contributed by atoms with van der Waals surface area (Å²) < 4.78 is 11.0. The summed E-state index contributed by atoms with van der Waals surface area (Å²) in [6, 6.07) is 10.3. The monoisotopic (exact) mass is 446 g/mol.